The summed E-state index contributed by atoms with van der Waals surface area (Å²) in [5.74, 6) is 0. The number of hydrogen-bond acceptors (Lipinski definition) is 1. The number of hydrogen-bond donors (Lipinski definition) is 1. The van der Waals surface area contributed by atoms with Gasteiger partial charge in [-0.15, -0.1) is 0 Å². The Labute approximate surface area is 85.6 Å². The highest BCUT2D eigenvalue weighted by Gasteiger charge is 2.00. The zero-order valence-corrected chi connectivity index (χ0v) is 9.18. The summed E-state index contributed by atoms with van der Waals surface area (Å²) in [7, 11) is 0. The van der Waals surface area contributed by atoms with E-state index < -0.39 is 0 Å². The maximum atomic E-state index is 4.07. The Kier molecular flexibility index (Phi) is 1.88. The molecule has 0 radical (unpaired) electrons. The largest absolute Gasteiger partial charge is 0.285 e. The third-order valence-electron chi connectivity index (χ3n) is 1.47. The molecule has 4 heteroatoms. The van der Waals surface area contributed by atoms with E-state index in [1.807, 2.05) is 12.3 Å². The Balaban J connectivity index is 2.86. The van der Waals surface area contributed by atoms with E-state index in [0.29, 0.717) is 0 Å². The first-order valence-electron chi connectivity index (χ1n) is 3.06. The quantitative estimate of drug-likeness (QED) is 0.742. The topological polar surface area (TPSA) is 28.7 Å². The molecule has 56 valence electrons. The van der Waals surface area contributed by atoms with Gasteiger partial charge in [0.25, 0.3) is 0 Å². The molecule has 1 N–H and O–H groups in total. The number of aromatic amines is 1. The van der Waals surface area contributed by atoms with Crippen LogP contribution in [0.4, 0.5) is 0 Å². The first-order chi connectivity index (χ1) is 5.27. The van der Waals surface area contributed by atoms with Crippen LogP contribution in [0.1, 0.15) is 0 Å². The third-order valence-corrected chi connectivity index (χ3v) is 3.76. The van der Waals surface area contributed by atoms with Gasteiger partial charge in [-0.1, -0.05) is 0 Å². The highest BCUT2D eigenvalue weighted by Crippen LogP contribution is 2.23. The summed E-state index contributed by atoms with van der Waals surface area (Å²) < 4.78 is 2.30. The molecule has 11 heavy (non-hydrogen) atoms. The lowest BCUT2D eigenvalue weighted by atomic mass is 10.3. The van der Waals surface area contributed by atoms with Crippen LogP contribution in [0.2, 0.25) is 0 Å². The average molecular weight is 323 g/mol. The van der Waals surface area contributed by atoms with E-state index in [1.165, 1.54) is 3.57 Å². The van der Waals surface area contributed by atoms with Crippen LogP contribution in [-0.4, -0.2) is 10.2 Å². The third kappa shape index (κ3) is 1.29. The molecule has 0 bridgehead atoms. The number of aromatic nitrogens is 2. The molecule has 0 saturated heterocycles. The van der Waals surface area contributed by atoms with Gasteiger partial charge in [0.15, 0.2) is 0 Å². The van der Waals surface area contributed by atoms with Crippen LogP contribution in [0.5, 0.6) is 0 Å². The van der Waals surface area contributed by atoms with Gasteiger partial charge in [-0.05, 0) is 50.7 Å². The predicted molar refractivity (Wildman–Crippen MR) is 56.5 cm³/mol. The fraction of sp³-hybridized carbons (Fsp3) is 0. The smallest absolute Gasteiger partial charge is 0.0932 e. The van der Waals surface area contributed by atoms with Crippen LogP contribution in [0, 0.1) is 3.57 Å². The first-order valence-corrected chi connectivity index (χ1v) is 4.93. The summed E-state index contributed by atoms with van der Waals surface area (Å²) in [6, 6.07) is 4.09. The Morgan fingerprint density at radius 2 is 2.27 bits per heavy atom. The molecule has 1 heterocycles. The monoisotopic (exact) mass is 322 g/mol. The standard InChI is InChI=1S/C7H4BrIN2/c8-5-1-4-3-10-11-7(4)2-6(5)9/h1-3H,(H,10,11). The van der Waals surface area contributed by atoms with E-state index in [2.05, 4.69) is 54.8 Å². The molecule has 1 aromatic heterocycles. The summed E-state index contributed by atoms with van der Waals surface area (Å²) in [5, 5.41) is 8.02. The second kappa shape index (κ2) is 2.75. The van der Waals surface area contributed by atoms with Crippen LogP contribution >= 0.6 is 38.5 Å². The van der Waals surface area contributed by atoms with Crippen LogP contribution < -0.4 is 0 Å². The zero-order chi connectivity index (χ0) is 7.84. The van der Waals surface area contributed by atoms with Gasteiger partial charge in [-0.2, -0.15) is 5.10 Å². The fourth-order valence-electron chi connectivity index (χ4n) is 0.936. The van der Waals surface area contributed by atoms with Gasteiger partial charge in [-0.3, -0.25) is 5.10 Å². The molecule has 0 atom stereocenters. The minimum Gasteiger partial charge on any atom is -0.285 e. The second-order valence-corrected chi connectivity index (χ2v) is 4.23. The molecule has 0 fully saturated rings. The average Bonchev–Trinajstić information content (AvgIpc) is 2.36. The van der Waals surface area contributed by atoms with Crippen LogP contribution in [-0.2, 0) is 0 Å². The van der Waals surface area contributed by atoms with Crippen molar-refractivity contribution in [2.45, 2.75) is 0 Å². The molecule has 0 aliphatic heterocycles. The molecule has 0 unspecified atom stereocenters. The van der Waals surface area contributed by atoms with Gasteiger partial charge in [0.1, 0.15) is 0 Å². The molecule has 0 spiro atoms. The minimum atomic E-state index is 1.01. The highest BCUT2D eigenvalue weighted by atomic mass is 127. The van der Waals surface area contributed by atoms with Gasteiger partial charge >= 0.3 is 0 Å². The van der Waals surface area contributed by atoms with Gasteiger partial charge in [0, 0.05) is 19.6 Å². The molecule has 2 rings (SSSR count). The van der Waals surface area contributed by atoms with Crippen molar-refractivity contribution in [2.24, 2.45) is 0 Å². The number of rotatable bonds is 0. The Bertz CT molecular complexity index is 360. The van der Waals surface area contributed by atoms with Crippen molar-refractivity contribution in [1.82, 2.24) is 10.2 Å². The predicted octanol–water partition coefficient (Wildman–Crippen LogP) is 2.93. The van der Waals surface area contributed by atoms with Crippen molar-refractivity contribution in [3.8, 4) is 0 Å². The van der Waals surface area contributed by atoms with E-state index in [1.54, 1.807) is 0 Å². The lowest BCUT2D eigenvalue weighted by Gasteiger charge is -1.93. The second-order valence-electron chi connectivity index (χ2n) is 2.21. The molecule has 0 aliphatic carbocycles. The van der Waals surface area contributed by atoms with Gasteiger partial charge in [0.05, 0.1) is 5.52 Å². The van der Waals surface area contributed by atoms with Crippen molar-refractivity contribution in [3.05, 3.63) is 26.4 Å². The van der Waals surface area contributed by atoms with Crippen molar-refractivity contribution in [2.75, 3.05) is 0 Å². The summed E-state index contributed by atoms with van der Waals surface area (Å²) in [6.07, 6.45) is 1.89. The number of benzene rings is 1. The summed E-state index contributed by atoms with van der Waals surface area (Å²) >= 11 is 5.72. The maximum Gasteiger partial charge on any atom is 0.0932 e. The highest BCUT2D eigenvalue weighted by molar-refractivity contribution is 14.1. The Hall–Kier alpha value is -0.100. The molecule has 0 saturated carbocycles. The summed E-state index contributed by atoms with van der Waals surface area (Å²) in [4.78, 5) is 0. The zero-order valence-electron chi connectivity index (χ0n) is 5.44. The Morgan fingerprint density at radius 1 is 1.45 bits per heavy atom. The van der Waals surface area contributed by atoms with Crippen molar-refractivity contribution in [3.63, 3.8) is 0 Å². The number of H-pyrrole nitrogens is 1. The molecule has 2 aromatic rings. The van der Waals surface area contributed by atoms with E-state index in [-0.39, 0.29) is 0 Å². The number of nitrogens with one attached hydrogen (secondary N) is 1. The number of fused-ring (bicyclic) bond motifs is 1. The number of halogens is 2. The number of nitrogens with zero attached hydrogens (tertiary/aromatic N) is 1. The van der Waals surface area contributed by atoms with Gasteiger partial charge in [0.2, 0.25) is 0 Å². The maximum absolute atomic E-state index is 4.07. The fourth-order valence-corrected chi connectivity index (χ4v) is 1.75. The van der Waals surface area contributed by atoms with Crippen molar-refractivity contribution >= 4 is 49.4 Å². The normalized spacial score (nSPS) is 10.7. The van der Waals surface area contributed by atoms with E-state index in [0.717, 1.165) is 15.4 Å². The molecule has 0 aliphatic rings. The molecule has 1 aromatic carbocycles. The molecule has 0 amide bonds. The SMILES string of the molecule is Brc1cc2c[nH]nc2cc1I. The van der Waals surface area contributed by atoms with E-state index in [9.17, 15) is 0 Å². The molecular weight excluding hydrogens is 319 g/mol. The van der Waals surface area contributed by atoms with Gasteiger partial charge < -0.3 is 0 Å². The van der Waals surface area contributed by atoms with Crippen LogP contribution in [0.15, 0.2) is 22.8 Å². The van der Waals surface area contributed by atoms with Crippen molar-refractivity contribution < 1.29 is 0 Å². The lowest BCUT2D eigenvalue weighted by molar-refractivity contribution is 1.12. The van der Waals surface area contributed by atoms with E-state index >= 15 is 0 Å². The first kappa shape index (κ1) is 7.54. The van der Waals surface area contributed by atoms with Gasteiger partial charge in [-0.25, -0.2) is 0 Å². The van der Waals surface area contributed by atoms with Crippen molar-refractivity contribution in [1.29, 1.82) is 0 Å². The molecular formula is C7H4BrIN2. The minimum absolute atomic E-state index is 1.01. The summed E-state index contributed by atoms with van der Waals surface area (Å²) in [6.45, 7) is 0. The van der Waals surface area contributed by atoms with Crippen LogP contribution in [0.3, 0.4) is 0 Å². The lowest BCUT2D eigenvalue weighted by Crippen LogP contribution is -1.74. The summed E-state index contributed by atoms with van der Waals surface area (Å²) in [5.41, 5.74) is 1.01. The Morgan fingerprint density at radius 3 is 3.09 bits per heavy atom. The van der Waals surface area contributed by atoms with Crippen LogP contribution in [0.25, 0.3) is 10.9 Å². The molecule has 2 nitrogen and oxygen atoms in total. The van der Waals surface area contributed by atoms with E-state index in [4.69, 9.17) is 0 Å².